The first-order valence-electron chi connectivity index (χ1n) is 6.68. The van der Waals surface area contributed by atoms with Crippen molar-refractivity contribution in [3.63, 3.8) is 0 Å². The maximum absolute atomic E-state index is 12.3. The molecule has 1 aromatic carbocycles. The molecule has 2 heterocycles. The number of carbonyl (C=O) groups is 1. The Morgan fingerprint density at radius 1 is 1.45 bits per heavy atom. The van der Waals surface area contributed by atoms with Gasteiger partial charge in [0.1, 0.15) is 6.54 Å². The zero-order valence-electron chi connectivity index (χ0n) is 11.1. The lowest BCUT2D eigenvalue weighted by Gasteiger charge is -2.21. The molecule has 0 radical (unpaired) electrons. The number of hydrogen-bond donors (Lipinski definition) is 1. The van der Waals surface area contributed by atoms with Gasteiger partial charge in [-0.2, -0.15) is 5.10 Å². The van der Waals surface area contributed by atoms with Crippen LogP contribution in [0.25, 0.3) is 10.9 Å². The van der Waals surface area contributed by atoms with Gasteiger partial charge in [-0.25, -0.2) is 0 Å². The standard InChI is InChI=1S/C14H17N3O3/c18-12-8-16(5-6-20-10-12)14(19)9-17-13-4-2-1-3-11(13)7-15-17/h1-4,7,12,18H,5-6,8-10H2. The van der Waals surface area contributed by atoms with Gasteiger partial charge in [-0.15, -0.1) is 0 Å². The number of aliphatic hydroxyl groups is 1. The number of amides is 1. The summed E-state index contributed by atoms with van der Waals surface area (Å²) in [4.78, 5) is 13.9. The fraction of sp³-hybridized carbons (Fsp3) is 0.429. The van der Waals surface area contributed by atoms with Crippen molar-refractivity contribution in [1.29, 1.82) is 0 Å². The SMILES string of the molecule is O=C(Cn1ncc2ccccc21)N1CCOCC(O)C1. The number of carbonyl (C=O) groups excluding carboxylic acids is 1. The molecule has 1 aliphatic heterocycles. The summed E-state index contributed by atoms with van der Waals surface area (Å²) in [6.45, 7) is 1.75. The molecule has 106 valence electrons. The van der Waals surface area contributed by atoms with Crippen LogP contribution in [0, 0.1) is 0 Å². The maximum atomic E-state index is 12.3. The smallest absolute Gasteiger partial charge is 0.244 e. The Morgan fingerprint density at radius 3 is 3.20 bits per heavy atom. The Kier molecular flexibility index (Phi) is 3.66. The highest BCUT2D eigenvalue weighted by molar-refractivity contribution is 5.82. The van der Waals surface area contributed by atoms with E-state index in [0.29, 0.717) is 19.7 Å². The lowest BCUT2D eigenvalue weighted by atomic mass is 10.2. The molecule has 1 amide bonds. The number of β-amino-alcohol motifs (C(OH)–C–C–N with tert-alkyl or cyclic N) is 1. The van der Waals surface area contributed by atoms with Gasteiger partial charge in [0.15, 0.2) is 0 Å². The molecule has 0 spiro atoms. The number of ether oxygens (including phenoxy) is 1. The molecular weight excluding hydrogens is 258 g/mol. The lowest BCUT2D eigenvalue weighted by Crippen LogP contribution is -2.39. The highest BCUT2D eigenvalue weighted by Crippen LogP contribution is 2.13. The lowest BCUT2D eigenvalue weighted by molar-refractivity contribution is -0.132. The number of fused-ring (bicyclic) bond motifs is 1. The summed E-state index contributed by atoms with van der Waals surface area (Å²) >= 11 is 0. The number of aliphatic hydroxyl groups excluding tert-OH is 1. The minimum absolute atomic E-state index is 0.0524. The fourth-order valence-electron chi connectivity index (χ4n) is 2.40. The van der Waals surface area contributed by atoms with E-state index in [1.807, 2.05) is 24.3 Å². The predicted octanol–water partition coefficient (Wildman–Crippen LogP) is 0.256. The summed E-state index contributed by atoms with van der Waals surface area (Å²) in [5.74, 6) is -0.0524. The van der Waals surface area contributed by atoms with Crippen molar-refractivity contribution < 1.29 is 14.6 Å². The van der Waals surface area contributed by atoms with E-state index in [1.54, 1.807) is 15.8 Å². The molecule has 1 fully saturated rings. The van der Waals surface area contributed by atoms with Gasteiger partial charge in [0.2, 0.25) is 5.91 Å². The number of nitrogens with zero attached hydrogens (tertiary/aromatic N) is 3. The molecule has 6 nitrogen and oxygen atoms in total. The van der Waals surface area contributed by atoms with Crippen LogP contribution in [-0.4, -0.2) is 58.1 Å². The van der Waals surface area contributed by atoms with Crippen molar-refractivity contribution in [2.24, 2.45) is 0 Å². The highest BCUT2D eigenvalue weighted by Gasteiger charge is 2.21. The molecule has 0 saturated carbocycles. The van der Waals surface area contributed by atoms with Gasteiger partial charge in [-0.3, -0.25) is 9.48 Å². The second kappa shape index (κ2) is 5.60. The Labute approximate surface area is 116 Å². The molecule has 20 heavy (non-hydrogen) atoms. The third-order valence-corrected chi connectivity index (χ3v) is 3.44. The van der Waals surface area contributed by atoms with E-state index in [0.717, 1.165) is 10.9 Å². The van der Waals surface area contributed by atoms with Gasteiger partial charge >= 0.3 is 0 Å². The van der Waals surface area contributed by atoms with Gasteiger partial charge in [0.25, 0.3) is 0 Å². The first kappa shape index (κ1) is 13.1. The van der Waals surface area contributed by atoms with Gasteiger partial charge in [0.05, 0.1) is 31.0 Å². The van der Waals surface area contributed by atoms with Crippen molar-refractivity contribution in [2.45, 2.75) is 12.6 Å². The number of hydrogen-bond acceptors (Lipinski definition) is 4. The molecule has 0 bridgehead atoms. The number of para-hydroxylation sites is 1. The molecule has 1 N–H and O–H groups in total. The second-order valence-electron chi connectivity index (χ2n) is 4.93. The predicted molar refractivity (Wildman–Crippen MR) is 73.1 cm³/mol. The van der Waals surface area contributed by atoms with Crippen LogP contribution in [0.5, 0.6) is 0 Å². The second-order valence-corrected chi connectivity index (χ2v) is 4.93. The monoisotopic (exact) mass is 275 g/mol. The summed E-state index contributed by atoms with van der Waals surface area (Å²) in [6, 6.07) is 7.77. The van der Waals surface area contributed by atoms with Gasteiger partial charge in [-0.05, 0) is 6.07 Å². The van der Waals surface area contributed by atoms with Crippen LogP contribution in [0.4, 0.5) is 0 Å². The molecule has 1 aliphatic rings. The molecule has 2 aromatic rings. The Morgan fingerprint density at radius 2 is 2.30 bits per heavy atom. The number of rotatable bonds is 2. The molecule has 3 rings (SSSR count). The summed E-state index contributed by atoms with van der Waals surface area (Å²) in [6.07, 6.45) is 1.14. The Bertz CT molecular complexity index is 610. The van der Waals surface area contributed by atoms with Gasteiger partial charge < -0.3 is 14.7 Å². The highest BCUT2D eigenvalue weighted by atomic mass is 16.5. The van der Waals surface area contributed by atoms with Gasteiger partial charge in [0, 0.05) is 18.5 Å². The maximum Gasteiger partial charge on any atom is 0.244 e. The van der Waals surface area contributed by atoms with Crippen LogP contribution in [0.1, 0.15) is 0 Å². The minimum atomic E-state index is -0.615. The molecule has 1 atom stereocenters. The third kappa shape index (κ3) is 2.66. The number of benzene rings is 1. The molecule has 1 aromatic heterocycles. The molecule has 1 saturated heterocycles. The number of aromatic nitrogens is 2. The van der Waals surface area contributed by atoms with Crippen molar-refractivity contribution in [3.05, 3.63) is 30.5 Å². The largest absolute Gasteiger partial charge is 0.389 e. The zero-order valence-corrected chi connectivity index (χ0v) is 11.1. The van der Waals surface area contributed by atoms with Crippen LogP contribution in [0.2, 0.25) is 0 Å². The Balaban J connectivity index is 1.75. The molecule has 0 aliphatic carbocycles. The van der Waals surface area contributed by atoms with Crippen molar-refractivity contribution in [2.75, 3.05) is 26.3 Å². The normalized spacial score (nSPS) is 20.1. The summed E-state index contributed by atoms with van der Waals surface area (Å²) < 4.78 is 6.92. The minimum Gasteiger partial charge on any atom is -0.389 e. The van der Waals surface area contributed by atoms with E-state index in [4.69, 9.17) is 4.74 Å². The molecule has 1 unspecified atom stereocenters. The summed E-state index contributed by atoms with van der Waals surface area (Å²) in [5.41, 5.74) is 0.937. The zero-order chi connectivity index (χ0) is 13.9. The van der Waals surface area contributed by atoms with Crippen LogP contribution in [0.15, 0.2) is 30.5 Å². The van der Waals surface area contributed by atoms with E-state index < -0.39 is 6.10 Å². The first-order chi connectivity index (χ1) is 9.74. The van der Waals surface area contributed by atoms with Crippen LogP contribution in [-0.2, 0) is 16.1 Å². The van der Waals surface area contributed by atoms with E-state index in [-0.39, 0.29) is 19.1 Å². The van der Waals surface area contributed by atoms with Crippen molar-refractivity contribution >= 4 is 16.8 Å². The first-order valence-corrected chi connectivity index (χ1v) is 6.68. The quantitative estimate of drug-likeness (QED) is 0.853. The average molecular weight is 275 g/mol. The van der Waals surface area contributed by atoms with Crippen molar-refractivity contribution in [1.82, 2.24) is 14.7 Å². The third-order valence-electron chi connectivity index (χ3n) is 3.44. The van der Waals surface area contributed by atoms with E-state index in [9.17, 15) is 9.90 Å². The van der Waals surface area contributed by atoms with E-state index in [2.05, 4.69) is 5.10 Å². The fourth-order valence-corrected chi connectivity index (χ4v) is 2.40. The van der Waals surface area contributed by atoms with Gasteiger partial charge in [-0.1, -0.05) is 18.2 Å². The topological polar surface area (TPSA) is 67.6 Å². The molecular formula is C14H17N3O3. The van der Waals surface area contributed by atoms with Crippen LogP contribution >= 0.6 is 0 Å². The molecule has 6 heteroatoms. The summed E-state index contributed by atoms with van der Waals surface area (Å²) in [5, 5.41) is 14.9. The van der Waals surface area contributed by atoms with Crippen LogP contribution in [0.3, 0.4) is 0 Å². The Hall–Kier alpha value is -1.92. The van der Waals surface area contributed by atoms with E-state index >= 15 is 0 Å². The average Bonchev–Trinajstić information content (AvgIpc) is 2.72. The van der Waals surface area contributed by atoms with Crippen LogP contribution < -0.4 is 0 Å². The van der Waals surface area contributed by atoms with E-state index in [1.165, 1.54) is 0 Å². The van der Waals surface area contributed by atoms with Crippen molar-refractivity contribution in [3.8, 4) is 0 Å². The summed E-state index contributed by atoms with van der Waals surface area (Å²) in [7, 11) is 0.